The zero-order chi connectivity index (χ0) is 20.4. The van der Waals surface area contributed by atoms with E-state index in [1.54, 1.807) is 60.7 Å². The molecule has 4 aromatic rings. The Hall–Kier alpha value is -3.52. The maximum atomic E-state index is 13.4. The number of hydrogen-bond acceptors (Lipinski definition) is 5. The largest absolute Gasteiger partial charge is 0.334 e. The van der Waals surface area contributed by atoms with Crippen LogP contribution in [0.15, 0.2) is 82.2 Å². The summed E-state index contributed by atoms with van der Waals surface area (Å²) in [7, 11) is -3.73. The smallest absolute Gasteiger partial charge is 0.261 e. The van der Waals surface area contributed by atoms with Gasteiger partial charge in [0.05, 0.1) is 4.90 Å². The molecule has 1 aromatic heterocycles. The van der Waals surface area contributed by atoms with E-state index >= 15 is 0 Å². The molecule has 0 unspecified atom stereocenters. The molecule has 6 nitrogen and oxygen atoms in total. The molecule has 0 aliphatic rings. The maximum absolute atomic E-state index is 13.4. The van der Waals surface area contributed by atoms with Crippen LogP contribution in [0, 0.1) is 12.7 Å². The summed E-state index contributed by atoms with van der Waals surface area (Å²) in [6.07, 6.45) is 0. The Morgan fingerprint density at radius 2 is 1.66 bits per heavy atom. The lowest BCUT2D eigenvalue weighted by atomic mass is 10.2. The Bertz CT molecular complexity index is 1270. The van der Waals surface area contributed by atoms with E-state index in [1.165, 1.54) is 12.1 Å². The van der Waals surface area contributed by atoms with E-state index in [2.05, 4.69) is 14.9 Å². The van der Waals surface area contributed by atoms with Gasteiger partial charge in [0.2, 0.25) is 5.82 Å². The van der Waals surface area contributed by atoms with Crippen molar-refractivity contribution < 1.29 is 17.3 Å². The minimum atomic E-state index is -3.73. The molecule has 0 radical (unpaired) electrons. The number of sulfonamides is 1. The molecule has 0 saturated carbocycles. The van der Waals surface area contributed by atoms with Gasteiger partial charge in [-0.3, -0.25) is 4.72 Å². The second-order valence-corrected chi connectivity index (χ2v) is 8.12. The van der Waals surface area contributed by atoms with Crippen LogP contribution in [0.3, 0.4) is 0 Å². The minimum Gasteiger partial charge on any atom is -0.334 e. The number of nitrogens with one attached hydrogen (secondary N) is 1. The molecule has 4 rings (SSSR count). The molecule has 3 aromatic carbocycles. The molecule has 1 heterocycles. The molecule has 1 N–H and O–H groups in total. The first kappa shape index (κ1) is 18.8. The van der Waals surface area contributed by atoms with Gasteiger partial charge in [0.15, 0.2) is 0 Å². The number of nitrogens with zero attached hydrogens (tertiary/aromatic N) is 2. The van der Waals surface area contributed by atoms with Gasteiger partial charge in [-0.2, -0.15) is 4.98 Å². The third-order valence-electron chi connectivity index (χ3n) is 4.20. The van der Waals surface area contributed by atoms with Gasteiger partial charge in [0, 0.05) is 16.8 Å². The van der Waals surface area contributed by atoms with E-state index in [4.69, 9.17) is 4.52 Å². The lowest BCUT2D eigenvalue weighted by Gasteiger charge is -2.09. The van der Waals surface area contributed by atoms with E-state index < -0.39 is 15.8 Å². The highest BCUT2D eigenvalue weighted by atomic mass is 32.2. The first-order valence-corrected chi connectivity index (χ1v) is 10.2. The van der Waals surface area contributed by atoms with Gasteiger partial charge in [-0.15, -0.1) is 0 Å². The molecule has 8 heteroatoms. The third kappa shape index (κ3) is 4.17. The second kappa shape index (κ2) is 7.48. The molecule has 0 amide bonds. The topological polar surface area (TPSA) is 85.1 Å². The lowest BCUT2D eigenvalue weighted by Crippen LogP contribution is -2.12. The Balaban J connectivity index is 1.60. The average Bonchev–Trinajstić information content (AvgIpc) is 3.19. The number of anilines is 1. The summed E-state index contributed by atoms with van der Waals surface area (Å²) in [5.74, 6) is 0.0283. The van der Waals surface area contributed by atoms with E-state index in [0.29, 0.717) is 16.8 Å². The first-order chi connectivity index (χ1) is 13.9. The number of aryl methyl sites for hydroxylation is 1. The van der Waals surface area contributed by atoms with E-state index in [1.807, 2.05) is 6.92 Å². The number of aromatic nitrogens is 2. The molecular weight excluding hydrogens is 393 g/mol. The summed E-state index contributed by atoms with van der Waals surface area (Å²) in [5, 5.41) is 3.91. The molecule has 29 heavy (non-hydrogen) atoms. The van der Waals surface area contributed by atoms with Crippen molar-refractivity contribution in [3.8, 4) is 22.8 Å². The Morgan fingerprint density at radius 1 is 0.931 bits per heavy atom. The third-order valence-corrected chi connectivity index (χ3v) is 5.60. The Morgan fingerprint density at radius 3 is 2.41 bits per heavy atom. The SMILES string of the molecule is Cc1ccc(S(=O)(=O)Nc2cccc(-c3noc(-c4cccc(F)c4)n3)c2)cc1. The molecular formula is C21H16FN3O3S. The lowest BCUT2D eigenvalue weighted by molar-refractivity contribution is 0.432. The summed E-state index contributed by atoms with van der Waals surface area (Å²) in [6, 6.07) is 19.0. The Labute approximate surface area is 167 Å². The summed E-state index contributed by atoms with van der Waals surface area (Å²) < 4.78 is 46.3. The van der Waals surface area contributed by atoms with Crippen molar-refractivity contribution in [3.63, 3.8) is 0 Å². The quantitative estimate of drug-likeness (QED) is 0.519. The van der Waals surface area contributed by atoms with Gasteiger partial charge in [0.1, 0.15) is 5.82 Å². The highest BCUT2D eigenvalue weighted by Gasteiger charge is 2.16. The van der Waals surface area contributed by atoms with Crippen LogP contribution in [0.25, 0.3) is 22.8 Å². The van der Waals surface area contributed by atoms with Crippen molar-refractivity contribution in [3.05, 3.63) is 84.2 Å². The average molecular weight is 409 g/mol. The summed E-state index contributed by atoms with van der Waals surface area (Å²) in [5.41, 5.74) is 2.35. The van der Waals surface area contributed by atoms with Crippen molar-refractivity contribution in [2.24, 2.45) is 0 Å². The van der Waals surface area contributed by atoms with Gasteiger partial charge >= 0.3 is 0 Å². The number of benzene rings is 3. The highest BCUT2D eigenvalue weighted by molar-refractivity contribution is 7.92. The van der Waals surface area contributed by atoms with Crippen molar-refractivity contribution in [1.29, 1.82) is 0 Å². The van der Waals surface area contributed by atoms with Crippen LogP contribution in [0.4, 0.5) is 10.1 Å². The van der Waals surface area contributed by atoms with Crippen LogP contribution in [0.1, 0.15) is 5.56 Å². The van der Waals surface area contributed by atoms with Gasteiger partial charge in [-0.05, 0) is 49.4 Å². The fraction of sp³-hybridized carbons (Fsp3) is 0.0476. The predicted molar refractivity (Wildman–Crippen MR) is 107 cm³/mol. The molecule has 0 aliphatic heterocycles. The molecule has 0 spiro atoms. The molecule has 0 atom stereocenters. The summed E-state index contributed by atoms with van der Waals surface area (Å²) >= 11 is 0. The van der Waals surface area contributed by atoms with E-state index in [-0.39, 0.29) is 16.6 Å². The number of hydrogen-bond donors (Lipinski definition) is 1. The van der Waals surface area contributed by atoms with Crippen molar-refractivity contribution in [1.82, 2.24) is 10.1 Å². The standard InChI is InChI=1S/C21H16FN3O3S/c1-14-8-10-19(11-9-14)29(26,27)25-18-7-3-4-15(13-18)20-23-21(28-24-20)16-5-2-6-17(22)12-16/h2-13,25H,1H3. The van der Waals surface area contributed by atoms with E-state index in [0.717, 1.165) is 5.56 Å². The second-order valence-electron chi connectivity index (χ2n) is 6.43. The van der Waals surface area contributed by atoms with Crippen LogP contribution in [-0.2, 0) is 10.0 Å². The van der Waals surface area contributed by atoms with Crippen molar-refractivity contribution in [2.45, 2.75) is 11.8 Å². The van der Waals surface area contributed by atoms with Gasteiger partial charge in [0.25, 0.3) is 15.9 Å². The van der Waals surface area contributed by atoms with Crippen LogP contribution >= 0.6 is 0 Å². The fourth-order valence-corrected chi connectivity index (χ4v) is 3.78. The molecule has 0 aliphatic carbocycles. The van der Waals surface area contributed by atoms with E-state index in [9.17, 15) is 12.8 Å². The van der Waals surface area contributed by atoms with Crippen molar-refractivity contribution in [2.75, 3.05) is 4.72 Å². The molecule has 0 fully saturated rings. The van der Waals surface area contributed by atoms with Gasteiger partial charge in [-0.25, -0.2) is 12.8 Å². The normalized spacial score (nSPS) is 11.4. The van der Waals surface area contributed by atoms with Crippen LogP contribution < -0.4 is 4.72 Å². The number of halogens is 1. The van der Waals surface area contributed by atoms with Crippen LogP contribution in [-0.4, -0.2) is 18.6 Å². The maximum Gasteiger partial charge on any atom is 0.261 e. The zero-order valence-corrected chi connectivity index (χ0v) is 16.2. The monoisotopic (exact) mass is 409 g/mol. The zero-order valence-electron chi connectivity index (χ0n) is 15.3. The summed E-state index contributed by atoms with van der Waals surface area (Å²) in [4.78, 5) is 4.44. The van der Waals surface area contributed by atoms with Gasteiger partial charge < -0.3 is 4.52 Å². The minimum absolute atomic E-state index is 0.168. The van der Waals surface area contributed by atoms with Crippen molar-refractivity contribution >= 4 is 15.7 Å². The van der Waals surface area contributed by atoms with Gasteiger partial charge in [-0.1, -0.05) is 41.1 Å². The van der Waals surface area contributed by atoms with Crippen LogP contribution in [0.2, 0.25) is 0 Å². The molecule has 146 valence electrons. The van der Waals surface area contributed by atoms with Crippen LogP contribution in [0.5, 0.6) is 0 Å². The fourth-order valence-electron chi connectivity index (χ4n) is 2.73. The highest BCUT2D eigenvalue weighted by Crippen LogP contribution is 2.25. The molecule has 0 saturated heterocycles. The summed E-state index contributed by atoms with van der Waals surface area (Å²) in [6.45, 7) is 1.89. The molecule has 0 bridgehead atoms. The first-order valence-electron chi connectivity index (χ1n) is 8.70. The Kier molecular flexibility index (Phi) is 4.85. The number of rotatable bonds is 5. The predicted octanol–water partition coefficient (Wildman–Crippen LogP) is 4.65.